The van der Waals surface area contributed by atoms with Gasteiger partial charge in [0.1, 0.15) is 5.69 Å². The summed E-state index contributed by atoms with van der Waals surface area (Å²) in [5.41, 5.74) is 23.3. The van der Waals surface area contributed by atoms with Gasteiger partial charge in [0.25, 0.3) is 0 Å². The van der Waals surface area contributed by atoms with Crippen molar-refractivity contribution in [3.05, 3.63) is 334 Å². The Hall–Kier alpha value is -14.3. The van der Waals surface area contributed by atoms with Crippen LogP contribution in [0, 0.1) is 0 Å². The highest BCUT2D eigenvalue weighted by Crippen LogP contribution is 2.36. The number of para-hydroxylation sites is 1. The van der Waals surface area contributed by atoms with Crippen LogP contribution in [0.5, 0.6) is 0 Å². The van der Waals surface area contributed by atoms with E-state index < -0.39 is 0 Å². The Balaban J connectivity index is 0.000000139. The van der Waals surface area contributed by atoms with Gasteiger partial charge in [-0.05, 0) is 148 Å². The van der Waals surface area contributed by atoms with Crippen molar-refractivity contribution in [1.82, 2.24) is 54.8 Å². The summed E-state index contributed by atoms with van der Waals surface area (Å²) in [7, 11) is 0. The zero-order chi connectivity index (χ0) is 68.6. The Morgan fingerprint density at radius 2 is 0.510 bits per heavy atom. The normalized spacial score (nSPS) is 11.7. The molecule has 0 amide bonds. The molecule has 0 saturated heterocycles. The second kappa shape index (κ2) is 24.9. The van der Waals surface area contributed by atoms with Gasteiger partial charge < -0.3 is 0 Å². The molecule has 0 bridgehead atoms. The summed E-state index contributed by atoms with van der Waals surface area (Å²) in [6.07, 6.45) is 7.42. The van der Waals surface area contributed by atoms with Gasteiger partial charge in [-0.1, -0.05) is 200 Å². The molecule has 10 aromatic heterocycles. The minimum Gasteiger partial charge on any atom is -0.254 e. The van der Waals surface area contributed by atoms with E-state index in [2.05, 4.69) is 270 Å². The van der Waals surface area contributed by atoms with Crippen LogP contribution in [-0.2, 0) is 0 Å². The molecule has 21 aromatic rings. The molecule has 104 heavy (non-hydrogen) atoms. The Kier molecular flexibility index (Phi) is 14.3. The van der Waals surface area contributed by atoms with Gasteiger partial charge in [0.2, 0.25) is 0 Å². The lowest BCUT2D eigenvalue weighted by Gasteiger charge is -2.10. The fraction of sp³-hybridized carbons (Fsp3) is 0. The van der Waals surface area contributed by atoms with E-state index in [-0.39, 0.29) is 0 Å². The minimum absolute atomic E-state index is 0.620. The van der Waals surface area contributed by atoms with Gasteiger partial charge in [0.15, 0.2) is 5.82 Å². The SMILES string of the molecule is c1ccc2cc(-c3ccc4ccc(-c5ccc6nc(-c7ccc8cc(-c9ccc%10ccc%11cccnc%11c%10n9)ccc8c7)ccc6c5)cc4n3)ncc2c1.c1ccc2nc(-c3ccc4ccc(-c5ccc6nc(-c7ccc(-c8ccc9ccc%10cccnc%10c9n8)cc7)ccc6c5)cc4n3)ncc2c1. The Bertz CT molecular complexity index is 7080. The van der Waals surface area contributed by atoms with Crippen molar-refractivity contribution in [2.24, 2.45) is 0 Å². The van der Waals surface area contributed by atoms with E-state index >= 15 is 0 Å². The summed E-state index contributed by atoms with van der Waals surface area (Å²) in [6.45, 7) is 0. The molecular formula is C93H55N11. The summed E-state index contributed by atoms with van der Waals surface area (Å²) in [4.78, 5) is 53.4. The van der Waals surface area contributed by atoms with Gasteiger partial charge >= 0.3 is 0 Å². The second-order valence-corrected chi connectivity index (χ2v) is 26.3. The molecule has 0 radical (unpaired) electrons. The summed E-state index contributed by atoms with van der Waals surface area (Å²) < 4.78 is 0. The number of benzene rings is 11. The van der Waals surface area contributed by atoms with E-state index in [1.165, 1.54) is 0 Å². The molecule has 0 atom stereocenters. The molecule has 0 saturated carbocycles. The lowest BCUT2D eigenvalue weighted by Crippen LogP contribution is -1.93. The molecule has 10 heterocycles. The molecule has 0 aliphatic rings. The predicted molar refractivity (Wildman–Crippen MR) is 425 cm³/mol. The number of nitrogens with zero attached hydrogens (tertiary/aromatic N) is 11. The van der Waals surface area contributed by atoms with E-state index in [4.69, 9.17) is 39.9 Å². The molecule has 0 unspecified atom stereocenters. The van der Waals surface area contributed by atoms with Gasteiger partial charge in [0.05, 0.1) is 83.8 Å². The fourth-order valence-corrected chi connectivity index (χ4v) is 14.3. The standard InChI is InChI=1S/C49H29N5.C44H26N6/c1-2-5-41-29-51-47(28-33(41)4-1)45-22-15-30-7-10-37(27-46(30)53-45)36-17-20-42-40(26-36)18-21-43(52-42)38-13-11-35-25-39(14-12-34(35)24-38)44-19-16-32-9-8-31-6-3-23-50-48(31)49(32)54-44;1-2-6-36-35(4-1)26-46-44(50-36)40-22-15-29-11-14-33(25-41(29)48-40)32-17-20-39-34(24-32)18-21-37(47-39)27-7-9-28(10-8-27)38-19-16-31-13-12-30-5-3-23-45-42(30)43(31)49-38/h1-29H;1-26H. The summed E-state index contributed by atoms with van der Waals surface area (Å²) in [5.74, 6) is 0.620. The first-order valence-corrected chi connectivity index (χ1v) is 34.6. The number of fused-ring (bicyclic) bond motifs is 13. The van der Waals surface area contributed by atoms with E-state index in [0.717, 1.165) is 204 Å². The maximum absolute atomic E-state index is 5.09. The lowest BCUT2D eigenvalue weighted by molar-refractivity contribution is 1.19. The molecule has 11 aromatic carbocycles. The van der Waals surface area contributed by atoms with Gasteiger partial charge in [0, 0.05) is 101 Å². The van der Waals surface area contributed by atoms with Crippen molar-refractivity contribution in [2.45, 2.75) is 0 Å². The van der Waals surface area contributed by atoms with Crippen LogP contribution in [0.25, 0.3) is 210 Å². The van der Waals surface area contributed by atoms with Crippen LogP contribution in [0.2, 0.25) is 0 Å². The second-order valence-electron chi connectivity index (χ2n) is 26.3. The summed E-state index contributed by atoms with van der Waals surface area (Å²) in [5, 5.41) is 14.3. The average molecular weight is 1330 g/mol. The largest absolute Gasteiger partial charge is 0.254 e. The number of aromatic nitrogens is 11. The predicted octanol–water partition coefficient (Wildman–Crippen LogP) is 22.7. The molecule has 0 aliphatic carbocycles. The zero-order valence-electron chi connectivity index (χ0n) is 55.7. The molecule has 482 valence electrons. The molecule has 11 nitrogen and oxygen atoms in total. The fourth-order valence-electron chi connectivity index (χ4n) is 14.3. The maximum atomic E-state index is 5.09. The maximum Gasteiger partial charge on any atom is 0.178 e. The van der Waals surface area contributed by atoms with E-state index in [1.54, 1.807) is 0 Å². The Morgan fingerprint density at radius 1 is 0.154 bits per heavy atom. The molecule has 0 N–H and O–H groups in total. The topological polar surface area (TPSA) is 142 Å². The number of rotatable bonds is 8. The van der Waals surface area contributed by atoms with Gasteiger partial charge in [-0.2, -0.15) is 0 Å². The summed E-state index contributed by atoms with van der Waals surface area (Å²) in [6, 6.07) is 107. The third-order valence-electron chi connectivity index (χ3n) is 19.8. The van der Waals surface area contributed by atoms with Crippen molar-refractivity contribution in [1.29, 1.82) is 0 Å². The highest BCUT2D eigenvalue weighted by atomic mass is 14.9. The molecule has 0 aliphatic heterocycles. The summed E-state index contributed by atoms with van der Waals surface area (Å²) >= 11 is 0. The number of hydrogen-bond acceptors (Lipinski definition) is 11. The van der Waals surface area contributed by atoms with Crippen LogP contribution in [0.4, 0.5) is 0 Å². The third kappa shape index (κ3) is 11.1. The van der Waals surface area contributed by atoms with Crippen LogP contribution < -0.4 is 0 Å². The van der Waals surface area contributed by atoms with Gasteiger partial charge in [-0.15, -0.1) is 0 Å². The van der Waals surface area contributed by atoms with Crippen LogP contribution in [0.15, 0.2) is 334 Å². The van der Waals surface area contributed by atoms with E-state index in [9.17, 15) is 0 Å². The zero-order valence-corrected chi connectivity index (χ0v) is 55.7. The minimum atomic E-state index is 0.620. The van der Waals surface area contributed by atoms with Crippen LogP contribution >= 0.6 is 0 Å². The average Bonchev–Trinajstić information content (AvgIpc) is 0.787. The smallest absolute Gasteiger partial charge is 0.178 e. The van der Waals surface area contributed by atoms with Gasteiger partial charge in [-0.3, -0.25) is 15.0 Å². The highest BCUT2D eigenvalue weighted by molar-refractivity contribution is 6.05. The van der Waals surface area contributed by atoms with Crippen molar-refractivity contribution >= 4 is 120 Å². The molecular weight excluding hydrogens is 1270 g/mol. The molecule has 21 rings (SSSR count). The first-order chi connectivity index (χ1) is 51.4. The first kappa shape index (κ1) is 59.7. The first-order valence-electron chi connectivity index (χ1n) is 34.6. The van der Waals surface area contributed by atoms with Crippen molar-refractivity contribution in [3.8, 4) is 90.2 Å². The van der Waals surface area contributed by atoms with Crippen LogP contribution in [-0.4, -0.2) is 54.8 Å². The molecule has 0 fully saturated rings. The van der Waals surface area contributed by atoms with Crippen LogP contribution in [0.1, 0.15) is 0 Å². The van der Waals surface area contributed by atoms with Crippen molar-refractivity contribution in [2.75, 3.05) is 0 Å². The quantitative estimate of drug-likeness (QED) is 0.134. The lowest BCUT2D eigenvalue weighted by atomic mass is 9.99. The van der Waals surface area contributed by atoms with Crippen molar-refractivity contribution < 1.29 is 0 Å². The number of hydrogen-bond donors (Lipinski definition) is 0. The molecule has 0 spiro atoms. The number of pyridine rings is 9. The molecule has 11 heteroatoms. The van der Waals surface area contributed by atoms with E-state index in [0.29, 0.717) is 5.82 Å². The Morgan fingerprint density at radius 3 is 1.11 bits per heavy atom. The van der Waals surface area contributed by atoms with E-state index in [1.807, 2.05) is 79.4 Å². The Labute approximate surface area is 595 Å². The van der Waals surface area contributed by atoms with Crippen LogP contribution in [0.3, 0.4) is 0 Å². The highest BCUT2D eigenvalue weighted by Gasteiger charge is 2.15. The third-order valence-corrected chi connectivity index (χ3v) is 19.8. The van der Waals surface area contributed by atoms with Gasteiger partial charge in [-0.25, -0.2) is 39.9 Å². The van der Waals surface area contributed by atoms with Crippen molar-refractivity contribution in [3.63, 3.8) is 0 Å². The monoisotopic (exact) mass is 1330 g/mol.